The first-order valence-electron chi connectivity index (χ1n) is 6.17. The van der Waals surface area contributed by atoms with E-state index in [2.05, 4.69) is 0 Å². The number of ether oxygens (including phenoxy) is 1. The van der Waals surface area contributed by atoms with Crippen molar-refractivity contribution in [3.63, 3.8) is 0 Å². The molecular formula is C16H16O3. The molecule has 1 unspecified atom stereocenters. The normalized spacial score (nSPS) is 11.8. The summed E-state index contributed by atoms with van der Waals surface area (Å²) in [5.41, 5.74) is 1.53. The molecule has 0 aliphatic heterocycles. The number of hydrogen-bond acceptors (Lipinski definition) is 3. The van der Waals surface area contributed by atoms with E-state index in [0.717, 1.165) is 5.56 Å². The molecule has 0 aliphatic rings. The van der Waals surface area contributed by atoms with Crippen molar-refractivity contribution in [2.24, 2.45) is 0 Å². The van der Waals surface area contributed by atoms with E-state index in [-0.39, 0.29) is 18.3 Å². The van der Waals surface area contributed by atoms with Crippen molar-refractivity contribution in [1.82, 2.24) is 0 Å². The number of carbonyl (C=O) groups excluding carboxylic acids is 1. The molecule has 0 amide bonds. The van der Waals surface area contributed by atoms with Gasteiger partial charge in [-0.15, -0.1) is 0 Å². The van der Waals surface area contributed by atoms with Gasteiger partial charge in [0.15, 0.2) is 0 Å². The minimum atomic E-state index is -0.482. The fourth-order valence-electron chi connectivity index (χ4n) is 1.83. The van der Waals surface area contributed by atoms with Gasteiger partial charge in [0.2, 0.25) is 0 Å². The number of benzene rings is 2. The molecule has 0 saturated heterocycles. The summed E-state index contributed by atoms with van der Waals surface area (Å²) in [5.74, 6) is -0.707. The van der Waals surface area contributed by atoms with Gasteiger partial charge in [-0.2, -0.15) is 0 Å². The summed E-state index contributed by atoms with van der Waals surface area (Å²) in [4.78, 5) is 11.9. The summed E-state index contributed by atoms with van der Waals surface area (Å²) in [6.07, 6.45) is 0. The maximum atomic E-state index is 11.9. The van der Waals surface area contributed by atoms with Crippen molar-refractivity contribution in [2.45, 2.75) is 19.4 Å². The zero-order chi connectivity index (χ0) is 13.7. The predicted molar refractivity (Wildman–Crippen MR) is 72.8 cm³/mol. The number of phenolic OH excluding ortho intramolecular Hbond substituents is 1. The summed E-state index contributed by atoms with van der Waals surface area (Å²) in [6.45, 7) is 1.97. The standard InChI is InChI=1S/C16H16O3/c1-12(14-9-5-6-10-15(14)17)16(18)19-11-13-7-3-2-4-8-13/h2-10,12,17H,11H2,1H3. The van der Waals surface area contributed by atoms with E-state index in [9.17, 15) is 9.90 Å². The van der Waals surface area contributed by atoms with Crippen LogP contribution in [0.4, 0.5) is 0 Å². The number of phenols is 1. The molecular weight excluding hydrogens is 240 g/mol. The van der Waals surface area contributed by atoms with Crippen LogP contribution >= 0.6 is 0 Å². The first kappa shape index (κ1) is 13.1. The molecule has 19 heavy (non-hydrogen) atoms. The Balaban J connectivity index is 1.99. The van der Waals surface area contributed by atoms with E-state index >= 15 is 0 Å². The third kappa shape index (κ3) is 3.35. The maximum Gasteiger partial charge on any atom is 0.313 e. The summed E-state index contributed by atoms with van der Waals surface area (Å²) in [6, 6.07) is 16.3. The summed E-state index contributed by atoms with van der Waals surface area (Å²) >= 11 is 0. The lowest BCUT2D eigenvalue weighted by atomic mass is 10.0. The average Bonchev–Trinajstić information content (AvgIpc) is 2.45. The Hall–Kier alpha value is -2.29. The van der Waals surface area contributed by atoms with Gasteiger partial charge in [-0.05, 0) is 18.6 Å². The first-order valence-corrected chi connectivity index (χ1v) is 6.17. The van der Waals surface area contributed by atoms with Crippen molar-refractivity contribution in [3.05, 3.63) is 65.7 Å². The highest BCUT2D eigenvalue weighted by atomic mass is 16.5. The molecule has 0 fully saturated rings. The number of esters is 1. The average molecular weight is 256 g/mol. The van der Waals surface area contributed by atoms with Crippen molar-refractivity contribution >= 4 is 5.97 Å². The van der Waals surface area contributed by atoms with Crippen molar-refractivity contribution in [1.29, 1.82) is 0 Å². The number of carbonyl (C=O) groups is 1. The smallest absolute Gasteiger partial charge is 0.313 e. The minimum absolute atomic E-state index is 0.117. The zero-order valence-electron chi connectivity index (χ0n) is 10.7. The lowest BCUT2D eigenvalue weighted by Crippen LogP contribution is -2.13. The predicted octanol–water partition coefficient (Wildman–Crippen LogP) is 3.24. The molecule has 0 aromatic heterocycles. The zero-order valence-corrected chi connectivity index (χ0v) is 10.7. The summed E-state index contributed by atoms with van der Waals surface area (Å²) < 4.78 is 5.25. The molecule has 0 bridgehead atoms. The van der Waals surface area contributed by atoms with Crippen LogP contribution in [0.2, 0.25) is 0 Å². The molecule has 2 rings (SSSR count). The second-order valence-electron chi connectivity index (χ2n) is 4.37. The molecule has 0 aliphatic carbocycles. The number of para-hydroxylation sites is 1. The Bertz CT molecular complexity index is 549. The second-order valence-corrected chi connectivity index (χ2v) is 4.37. The number of hydrogen-bond donors (Lipinski definition) is 1. The van der Waals surface area contributed by atoms with Crippen LogP contribution in [-0.4, -0.2) is 11.1 Å². The lowest BCUT2D eigenvalue weighted by Gasteiger charge is -2.13. The van der Waals surface area contributed by atoms with Gasteiger partial charge in [0.25, 0.3) is 0 Å². The van der Waals surface area contributed by atoms with Crippen LogP contribution in [0.5, 0.6) is 5.75 Å². The largest absolute Gasteiger partial charge is 0.508 e. The van der Waals surface area contributed by atoms with Gasteiger partial charge in [-0.25, -0.2) is 0 Å². The number of rotatable bonds is 4. The van der Waals surface area contributed by atoms with Gasteiger partial charge in [0.05, 0.1) is 5.92 Å². The molecule has 3 heteroatoms. The van der Waals surface area contributed by atoms with Crippen LogP contribution in [0.3, 0.4) is 0 Å². The molecule has 98 valence electrons. The van der Waals surface area contributed by atoms with E-state index in [1.165, 1.54) is 0 Å². The van der Waals surface area contributed by atoms with Gasteiger partial charge >= 0.3 is 5.97 Å². The highest BCUT2D eigenvalue weighted by molar-refractivity contribution is 5.78. The third-order valence-electron chi connectivity index (χ3n) is 2.98. The molecule has 3 nitrogen and oxygen atoms in total. The highest BCUT2D eigenvalue weighted by Crippen LogP contribution is 2.26. The molecule has 0 radical (unpaired) electrons. The van der Waals surface area contributed by atoms with E-state index in [0.29, 0.717) is 5.56 Å². The van der Waals surface area contributed by atoms with Gasteiger partial charge in [-0.3, -0.25) is 4.79 Å². The maximum absolute atomic E-state index is 11.9. The Morgan fingerprint density at radius 1 is 1.11 bits per heavy atom. The fourth-order valence-corrected chi connectivity index (χ4v) is 1.83. The van der Waals surface area contributed by atoms with E-state index in [4.69, 9.17) is 4.74 Å². The van der Waals surface area contributed by atoms with E-state index in [1.54, 1.807) is 31.2 Å². The van der Waals surface area contributed by atoms with Crippen LogP contribution < -0.4 is 0 Å². The molecule has 1 N–H and O–H groups in total. The molecule has 0 heterocycles. The van der Waals surface area contributed by atoms with Gasteiger partial charge in [0, 0.05) is 5.56 Å². The minimum Gasteiger partial charge on any atom is -0.508 e. The molecule has 0 saturated carbocycles. The summed E-state index contributed by atoms with van der Waals surface area (Å²) in [5, 5.41) is 9.71. The summed E-state index contributed by atoms with van der Waals surface area (Å²) in [7, 11) is 0. The van der Waals surface area contributed by atoms with Crippen molar-refractivity contribution in [3.8, 4) is 5.75 Å². The van der Waals surface area contributed by atoms with Gasteiger partial charge in [0.1, 0.15) is 12.4 Å². The third-order valence-corrected chi connectivity index (χ3v) is 2.98. The quantitative estimate of drug-likeness (QED) is 0.854. The van der Waals surface area contributed by atoms with Crippen LogP contribution in [-0.2, 0) is 16.1 Å². The lowest BCUT2D eigenvalue weighted by molar-refractivity contribution is -0.146. The Kier molecular flexibility index (Phi) is 4.18. The van der Waals surface area contributed by atoms with E-state index in [1.807, 2.05) is 30.3 Å². The monoisotopic (exact) mass is 256 g/mol. The topological polar surface area (TPSA) is 46.5 Å². The Morgan fingerprint density at radius 3 is 2.42 bits per heavy atom. The molecule has 0 spiro atoms. The van der Waals surface area contributed by atoms with Gasteiger partial charge in [-0.1, -0.05) is 48.5 Å². The molecule has 2 aromatic rings. The van der Waals surface area contributed by atoms with Crippen LogP contribution in [0.25, 0.3) is 0 Å². The van der Waals surface area contributed by atoms with Crippen molar-refractivity contribution < 1.29 is 14.6 Å². The van der Waals surface area contributed by atoms with Crippen molar-refractivity contribution in [2.75, 3.05) is 0 Å². The van der Waals surface area contributed by atoms with Gasteiger partial charge < -0.3 is 9.84 Å². The molecule has 2 aromatic carbocycles. The highest BCUT2D eigenvalue weighted by Gasteiger charge is 2.19. The molecule has 1 atom stereocenters. The van der Waals surface area contributed by atoms with Crippen LogP contribution in [0.1, 0.15) is 24.0 Å². The van der Waals surface area contributed by atoms with Crippen LogP contribution in [0, 0.1) is 0 Å². The number of aromatic hydroxyl groups is 1. The van der Waals surface area contributed by atoms with E-state index < -0.39 is 5.92 Å². The Labute approximate surface area is 112 Å². The SMILES string of the molecule is CC(C(=O)OCc1ccccc1)c1ccccc1O. The first-order chi connectivity index (χ1) is 9.18. The van der Waals surface area contributed by atoms with Crippen LogP contribution in [0.15, 0.2) is 54.6 Å². The fraction of sp³-hybridized carbons (Fsp3) is 0.188. The second kappa shape index (κ2) is 6.05. The Morgan fingerprint density at radius 2 is 1.74 bits per heavy atom.